The molecule has 0 radical (unpaired) electrons. The van der Waals surface area contributed by atoms with E-state index in [1.807, 2.05) is 20.9 Å². The van der Waals surface area contributed by atoms with Crippen molar-refractivity contribution in [1.29, 1.82) is 0 Å². The fraction of sp³-hybridized carbons (Fsp3) is 1.00. The van der Waals surface area contributed by atoms with Gasteiger partial charge in [-0.15, -0.1) is 0 Å². The van der Waals surface area contributed by atoms with Crippen molar-refractivity contribution in [2.24, 2.45) is 5.73 Å². The number of piperazine rings is 1. The Bertz CT molecular complexity index is 278. The van der Waals surface area contributed by atoms with Crippen molar-refractivity contribution in [3.05, 3.63) is 0 Å². The zero-order valence-electron chi connectivity index (χ0n) is 11.6. The molecule has 3 nitrogen and oxygen atoms in total. The van der Waals surface area contributed by atoms with Crippen LogP contribution in [0.5, 0.6) is 0 Å². The maximum Gasteiger partial charge on any atom is 0.405 e. The van der Waals surface area contributed by atoms with Gasteiger partial charge in [-0.2, -0.15) is 13.2 Å². The van der Waals surface area contributed by atoms with Crippen molar-refractivity contribution in [1.82, 2.24) is 9.80 Å². The number of likely N-dealkylation sites (N-methyl/N-ethyl adjacent to an activating group) is 1. The second kappa shape index (κ2) is 5.35. The third-order valence-corrected chi connectivity index (χ3v) is 3.95. The summed E-state index contributed by atoms with van der Waals surface area (Å²) < 4.78 is 39.5. The fourth-order valence-corrected chi connectivity index (χ4v) is 2.46. The summed E-state index contributed by atoms with van der Waals surface area (Å²) in [5, 5.41) is 0. The minimum atomic E-state index is -4.26. The molecule has 2 unspecified atom stereocenters. The van der Waals surface area contributed by atoms with E-state index in [1.165, 1.54) is 4.90 Å². The van der Waals surface area contributed by atoms with Crippen molar-refractivity contribution in [3.63, 3.8) is 0 Å². The Morgan fingerprint density at radius 3 is 2.22 bits per heavy atom. The quantitative estimate of drug-likeness (QED) is 0.844. The van der Waals surface area contributed by atoms with Crippen LogP contribution >= 0.6 is 0 Å². The molecule has 0 aliphatic carbocycles. The average Bonchev–Trinajstić information content (AvgIpc) is 2.21. The van der Waals surface area contributed by atoms with E-state index >= 15 is 0 Å². The maximum absolute atomic E-state index is 13.2. The highest BCUT2D eigenvalue weighted by Gasteiger charge is 2.49. The van der Waals surface area contributed by atoms with E-state index < -0.39 is 18.3 Å². The number of hydrogen-bond donors (Lipinski definition) is 1. The summed E-state index contributed by atoms with van der Waals surface area (Å²) in [7, 11) is 1.94. The van der Waals surface area contributed by atoms with E-state index in [1.54, 1.807) is 6.92 Å². The van der Waals surface area contributed by atoms with E-state index in [9.17, 15) is 13.2 Å². The topological polar surface area (TPSA) is 32.5 Å². The van der Waals surface area contributed by atoms with Crippen molar-refractivity contribution < 1.29 is 13.2 Å². The minimum Gasteiger partial charge on any atom is -0.326 e. The van der Waals surface area contributed by atoms with Crippen LogP contribution in [0.4, 0.5) is 13.2 Å². The third kappa shape index (κ3) is 3.36. The molecule has 1 heterocycles. The van der Waals surface area contributed by atoms with Crippen LogP contribution in [-0.2, 0) is 0 Å². The lowest BCUT2D eigenvalue weighted by atomic mass is 9.95. The Morgan fingerprint density at radius 2 is 1.83 bits per heavy atom. The lowest BCUT2D eigenvalue weighted by Gasteiger charge is -2.49. The number of halogens is 3. The molecular weight excluding hydrogens is 243 g/mol. The van der Waals surface area contributed by atoms with E-state index in [0.29, 0.717) is 26.1 Å². The Hall–Kier alpha value is -0.330. The van der Waals surface area contributed by atoms with Crippen molar-refractivity contribution in [2.75, 3.05) is 26.7 Å². The summed E-state index contributed by atoms with van der Waals surface area (Å²) in [4.78, 5) is 3.59. The van der Waals surface area contributed by atoms with Crippen LogP contribution in [0, 0.1) is 0 Å². The van der Waals surface area contributed by atoms with Crippen LogP contribution < -0.4 is 5.73 Å². The maximum atomic E-state index is 13.2. The molecule has 18 heavy (non-hydrogen) atoms. The van der Waals surface area contributed by atoms with E-state index in [4.69, 9.17) is 5.73 Å². The normalized spacial score (nSPS) is 26.0. The summed E-state index contributed by atoms with van der Waals surface area (Å²) in [5.41, 5.74) is 5.43. The lowest BCUT2D eigenvalue weighted by Crippen LogP contribution is -2.65. The zero-order valence-corrected chi connectivity index (χ0v) is 11.6. The Kier molecular flexibility index (Phi) is 4.67. The van der Waals surface area contributed by atoms with Gasteiger partial charge in [-0.25, -0.2) is 0 Å². The molecule has 1 aliphatic heterocycles. The van der Waals surface area contributed by atoms with Gasteiger partial charge in [-0.1, -0.05) is 6.92 Å². The summed E-state index contributed by atoms with van der Waals surface area (Å²) in [6.45, 7) is 7.06. The molecule has 2 atom stereocenters. The molecule has 0 bridgehead atoms. The van der Waals surface area contributed by atoms with Gasteiger partial charge in [0, 0.05) is 31.2 Å². The van der Waals surface area contributed by atoms with Gasteiger partial charge in [0.2, 0.25) is 0 Å². The molecule has 0 aromatic rings. The van der Waals surface area contributed by atoms with Gasteiger partial charge in [-0.3, -0.25) is 9.80 Å². The predicted molar refractivity (Wildman–Crippen MR) is 66.4 cm³/mol. The second-order valence-corrected chi connectivity index (χ2v) is 5.76. The van der Waals surface area contributed by atoms with Crippen LogP contribution in [0.1, 0.15) is 27.2 Å². The molecule has 2 N–H and O–H groups in total. The monoisotopic (exact) mass is 267 g/mol. The molecule has 0 amide bonds. The van der Waals surface area contributed by atoms with Crippen LogP contribution in [0.25, 0.3) is 0 Å². The number of hydrogen-bond acceptors (Lipinski definition) is 3. The SMILES string of the molecule is CCC(N)C(N1CCN(C)C(C)(C)C1)C(F)(F)F. The van der Waals surface area contributed by atoms with Crippen LogP contribution in [0.3, 0.4) is 0 Å². The van der Waals surface area contributed by atoms with Gasteiger partial charge in [0.25, 0.3) is 0 Å². The molecule has 0 aromatic carbocycles. The van der Waals surface area contributed by atoms with Gasteiger partial charge < -0.3 is 5.73 Å². The molecule has 108 valence electrons. The number of nitrogens with two attached hydrogens (primary N) is 1. The molecule has 6 heteroatoms. The van der Waals surface area contributed by atoms with Gasteiger partial charge in [-0.05, 0) is 27.3 Å². The standard InChI is InChI=1S/C12H24F3N3/c1-5-9(16)10(12(13,14)15)18-7-6-17(4)11(2,3)8-18/h9-10H,5-8,16H2,1-4H3. The summed E-state index contributed by atoms with van der Waals surface area (Å²) in [6.07, 6.45) is -3.93. The summed E-state index contributed by atoms with van der Waals surface area (Å²) >= 11 is 0. The fourth-order valence-electron chi connectivity index (χ4n) is 2.46. The zero-order chi connectivity index (χ0) is 14.1. The third-order valence-electron chi connectivity index (χ3n) is 3.95. The number of alkyl halides is 3. The number of nitrogens with zero attached hydrogens (tertiary/aromatic N) is 2. The number of rotatable bonds is 3. The van der Waals surface area contributed by atoms with Crippen molar-refractivity contribution >= 4 is 0 Å². The van der Waals surface area contributed by atoms with Gasteiger partial charge in [0.1, 0.15) is 6.04 Å². The molecule has 1 saturated heterocycles. The minimum absolute atomic E-state index is 0.255. The first-order valence-electron chi connectivity index (χ1n) is 6.37. The van der Waals surface area contributed by atoms with Crippen LogP contribution in [-0.4, -0.2) is 60.3 Å². The predicted octanol–water partition coefficient (Wildman–Crippen LogP) is 1.68. The summed E-state index contributed by atoms with van der Waals surface area (Å²) in [5.74, 6) is 0. The highest BCUT2D eigenvalue weighted by atomic mass is 19.4. The first-order chi connectivity index (χ1) is 8.09. The molecule has 0 saturated carbocycles. The Balaban J connectivity index is 2.88. The molecule has 0 spiro atoms. The molecule has 1 aliphatic rings. The largest absolute Gasteiger partial charge is 0.405 e. The average molecular weight is 267 g/mol. The molecule has 1 rings (SSSR count). The highest BCUT2D eigenvalue weighted by Crippen LogP contribution is 2.31. The van der Waals surface area contributed by atoms with Gasteiger partial charge >= 0.3 is 6.18 Å². The molecule has 0 aromatic heterocycles. The first kappa shape index (κ1) is 15.7. The smallest absolute Gasteiger partial charge is 0.326 e. The second-order valence-electron chi connectivity index (χ2n) is 5.76. The lowest BCUT2D eigenvalue weighted by molar-refractivity contribution is -0.198. The van der Waals surface area contributed by atoms with Crippen molar-refractivity contribution in [3.8, 4) is 0 Å². The highest BCUT2D eigenvalue weighted by molar-refractivity contribution is 4.96. The molecule has 1 fully saturated rings. The van der Waals surface area contributed by atoms with Gasteiger partial charge in [0.15, 0.2) is 0 Å². The van der Waals surface area contributed by atoms with Crippen LogP contribution in [0.15, 0.2) is 0 Å². The molecular formula is C12H24F3N3. The van der Waals surface area contributed by atoms with Gasteiger partial charge in [0.05, 0.1) is 0 Å². The van der Waals surface area contributed by atoms with E-state index in [2.05, 4.69) is 4.90 Å². The first-order valence-corrected chi connectivity index (χ1v) is 6.37. The summed E-state index contributed by atoms with van der Waals surface area (Å²) in [6, 6.07) is -2.39. The van der Waals surface area contributed by atoms with Crippen LogP contribution in [0.2, 0.25) is 0 Å². The van der Waals surface area contributed by atoms with E-state index in [0.717, 1.165) is 0 Å². The Labute approximate surface area is 107 Å². The van der Waals surface area contributed by atoms with Crippen molar-refractivity contribution in [2.45, 2.75) is 51.0 Å². The van der Waals surface area contributed by atoms with E-state index in [-0.39, 0.29) is 5.54 Å². The Morgan fingerprint density at radius 1 is 1.28 bits per heavy atom.